The predicted octanol–water partition coefficient (Wildman–Crippen LogP) is 0.865. The van der Waals surface area contributed by atoms with E-state index in [-0.39, 0.29) is 5.91 Å². The summed E-state index contributed by atoms with van der Waals surface area (Å²) in [5, 5.41) is 6.15. The third-order valence-corrected chi connectivity index (χ3v) is 3.13. The fourth-order valence-electron chi connectivity index (χ4n) is 1.78. The van der Waals surface area contributed by atoms with Crippen LogP contribution in [-0.4, -0.2) is 43.8 Å². The van der Waals surface area contributed by atoms with E-state index in [0.717, 1.165) is 25.1 Å². The van der Waals surface area contributed by atoms with E-state index in [1.807, 2.05) is 12.1 Å². The molecular weight excluding hydrogens is 270 g/mol. The van der Waals surface area contributed by atoms with Crippen LogP contribution >= 0.6 is 0 Å². The summed E-state index contributed by atoms with van der Waals surface area (Å²) < 4.78 is 10.5. The quantitative estimate of drug-likeness (QED) is 0.626. The van der Waals surface area contributed by atoms with Crippen LogP contribution in [0, 0.1) is 0 Å². The smallest absolute Gasteiger partial charge is 0.223 e. The van der Waals surface area contributed by atoms with Gasteiger partial charge in [0.15, 0.2) is 0 Å². The number of hydrogen-bond acceptors (Lipinski definition) is 5. The Morgan fingerprint density at radius 1 is 1.38 bits per heavy atom. The van der Waals surface area contributed by atoms with Crippen molar-refractivity contribution in [1.82, 2.24) is 15.6 Å². The van der Waals surface area contributed by atoms with Gasteiger partial charge < -0.3 is 20.1 Å². The molecule has 1 heterocycles. The van der Waals surface area contributed by atoms with Gasteiger partial charge in [-0.3, -0.25) is 9.78 Å². The maximum Gasteiger partial charge on any atom is 0.223 e. The zero-order valence-corrected chi connectivity index (χ0v) is 12.4. The van der Waals surface area contributed by atoms with E-state index in [0.29, 0.717) is 38.0 Å². The number of carbonyl (C=O) groups is 1. The maximum absolute atomic E-state index is 11.5. The molecule has 0 spiro atoms. The Kier molecular flexibility index (Phi) is 6.43. The number of nitrogens with zero attached hydrogens (tertiary/aromatic N) is 1. The summed E-state index contributed by atoms with van der Waals surface area (Å²) in [5.74, 6) is 0.749. The highest BCUT2D eigenvalue weighted by Crippen LogP contribution is 2.18. The lowest BCUT2D eigenvalue weighted by molar-refractivity contribution is -0.121. The molecule has 0 saturated heterocycles. The molecule has 1 saturated carbocycles. The monoisotopic (exact) mass is 293 g/mol. The van der Waals surface area contributed by atoms with E-state index in [4.69, 9.17) is 9.47 Å². The number of hydrogen-bond donors (Lipinski definition) is 2. The number of amides is 1. The van der Waals surface area contributed by atoms with Gasteiger partial charge in [0.2, 0.25) is 5.91 Å². The lowest BCUT2D eigenvalue weighted by Gasteiger charge is -2.07. The Morgan fingerprint density at radius 2 is 2.24 bits per heavy atom. The summed E-state index contributed by atoms with van der Waals surface area (Å²) in [6.07, 6.45) is 4.29. The van der Waals surface area contributed by atoms with Gasteiger partial charge in [0.1, 0.15) is 5.75 Å². The average Bonchev–Trinajstić information content (AvgIpc) is 3.29. The molecule has 6 heteroatoms. The minimum absolute atomic E-state index is 0.0597. The van der Waals surface area contributed by atoms with E-state index in [1.165, 1.54) is 0 Å². The molecule has 0 unspecified atom stereocenters. The molecule has 0 aliphatic heterocycles. The second-order valence-corrected chi connectivity index (χ2v) is 5.10. The van der Waals surface area contributed by atoms with Crippen LogP contribution in [0.4, 0.5) is 0 Å². The first kappa shape index (κ1) is 15.7. The predicted molar refractivity (Wildman–Crippen MR) is 79.1 cm³/mol. The minimum atomic E-state index is 0.0597. The second-order valence-electron chi connectivity index (χ2n) is 5.10. The number of carbonyl (C=O) groups excluding carboxylic acids is 1. The van der Waals surface area contributed by atoms with Crippen molar-refractivity contribution in [3.05, 3.63) is 24.0 Å². The number of nitrogens with one attached hydrogen (secondary N) is 2. The Morgan fingerprint density at radius 3 is 2.90 bits per heavy atom. The van der Waals surface area contributed by atoms with Crippen molar-refractivity contribution in [2.45, 2.75) is 31.8 Å². The summed E-state index contributed by atoms with van der Waals surface area (Å²) in [6, 6.07) is 4.20. The SMILES string of the molecule is COCCNCc1ccc(OCCC(=O)NC2CC2)cn1. The molecule has 1 fully saturated rings. The van der Waals surface area contributed by atoms with Gasteiger partial charge in [0.05, 0.1) is 31.5 Å². The lowest BCUT2D eigenvalue weighted by atomic mass is 10.3. The zero-order chi connectivity index (χ0) is 14.9. The van der Waals surface area contributed by atoms with Gasteiger partial charge in [-0.05, 0) is 25.0 Å². The Labute approximate surface area is 125 Å². The number of methoxy groups -OCH3 is 1. The van der Waals surface area contributed by atoms with Crippen molar-refractivity contribution in [2.75, 3.05) is 26.9 Å². The molecule has 21 heavy (non-hydrogen) atoms. The van der Waals surface area contributed by atoms with E-state index >= 15 is 0 Å². The molecule has 0 atom stereocenters. The van der Waals surface area contributed by atoms with Crippen molar-refractivity contribution >= 4 is 5.91 Å². The van der Waals surface area contributed by atoms with Crippen LogP contribution in [0.3, 0.4) is 0 Å². The fraction of sp³-hybridized carbons (Fsp3) is 0.600. The van der Waals surface area contributed by atoms with Gasteiger partial charge in [0.25, 0.3) is 0 Å². The average molecular weight is 293 g/mol. The molecule has 2 N–H and O–H groups in total. The van der Waals surface area contributed by atoms with Crippen molar-refractivity contribution in [1.29, 1.82) is 0 Å². The highest BCUT2D eigenvalue weighted by molar-refractivity contribution is 5.76. The summed E-state index contributed by atoms with van der Waals surface area (Å²) in [6.45, 7) is 2.57. The van der Waals surface area contributed by atoms with Crippen molar-refractivity contribution in [3.8, 4) is 5.75 Å². The standard InChI is InChI=1S/C15H23N3O3/c1-20-9-7-16-10-13-4-5-14(11-17-13)21-8-6-15(19)18-12-2-3-12/h4-5,11-12,16H,2-3,6-10H2,1H3,(H,18,19). The van der Waals surface area contributed by atoms with Crippen LogP contribution in [-0.2, 0) is 16.1 Å². The van der Waals surface area contributed by atoms with E-state index in [1.54, 1.807) is 13.3 Å². The first-order valence-corrected chi connectivity index (χ1v) is 7.34. The summed E-state index contributed by atoms with van der Waals surface area (Å²) in [4.78, 5) is 15.8. The van der Waals surface area contributed by atoms with E-state index < -0.39 is 0 Å². The molecular formula is C15H23N3O3. The zero-order valence-electron chi connectivity index (χ0n) is 12.4. The Hall–Kier alpha value is -1.66. The molecule has 1 aromatic heterocycles. The Bertz CT molecular complexity index is 432. The van der Waals surface area contributed by atoms with Crippen LogP contribution in [0.5, 0.6) is 5.75 Å². The van der Waals surface area contributed by atoms with Gasteiger partial charge in [-0.25, -0.2) is 0 Å². The minimum Gasteiger partial charge on any atom is -0.491 e. The van der Waals surface area contributed by atoms with Gasteiger partial charge in [0, 0.05) is 26.2 Å². The molecule has 0 aromatic carbocycles. The highest BCUT2D eigenvalue weighted by atomic mass is 16.5. The summed E-state index contributed by atoms with van der Waals surface area (Å²) in [7, 11) is 1.68. The molecule has 6 nitrogen and oxygen atoms in total. The molecule has 0 radical (unpaired) electrons. The molecule has 0 bridgehead atoms. The second kappa shape index (κ2) is 8.59. The van der Waals surface area contributed by atoms with Crippen molar-refractivity contribution in [2.24, 2.45) is 0 Å². The maximum atomic E-state index is 11.5. The van der Waals surface area contributed by atoms with Gasteiger partial charge >= 0.3 is 0 Å². The van der Waals surface area contributed by atoms with Crippen LogP contribution in [0.15, 0.2) is 18.3 Å². The number of rotatable bonds is 10. The molecule has 116 valence electrons. The third-order valence-electron chi connectivity index (χ3n) is 3.13. The largest absolute Gasteiger partial charge is 0.491 e. The van der Waals surface area contributed by atoms with Gasteiger partial charge in [-0.1, -0.05) is 0 Å². The third kappa shape index (κ3) is 6.55. The molecule has 1 aliphatic carbocycles. The lowest BCUT2D eigenvalue weighted by Crippen LogP contribution is -2.26. The van der Waals surface area contributed by atoms with Gasteiger partial charge in [-0.2, -0.15) is 0 Å². The molecule has 1 aromatic rings. The van der Waals surface area contributed by atoms with E-state index in [9.17, 15) is 4.79 Å². The summed E-state index contributed by atoms with van der Waals surface area (Å²) >= 11 is 0. The topological polar surface area (TPSA) is 72.5 Å². The summed E-state index contributed by atoms with van der Waals surface area (Å²) in [5.41, 5.74) is 0.949. The number of ether oxygens (including phenoxy) is 2. The first-order chi connectivity index (χ1) is 10.3. The number of aromatic nitrogens is 1. The normalized spacial score (nSPS) is 14.0. The van der Waals surface area contributed by atoms with E-state index in [2.05, 4.69) is 15.6 Å². The first-order valence-electron chi connectivity index (χ1n) is 7.34. The van der Waals surface area contributed by atoms with Crippen LogP contribution < -0.4 is 15.4 Å². The Balaban J connectivity index is 1.61. The van der Waals surface area contributed by atoms with Gasteiger partial charge in [-0.15, -0.1) is 0 Å². The molecule has 2 rings (SSSR count). The van der Waals surface area contributed by atoms with Crippen LogP contribution in [0.1, 0.15) is 25.0 Å². The highest BCUT2D eigenvalue weighted by Gasteiger charge is 2.22. The van der Waals surface area contributed by atoms with Crippen LogP contribution in [0.2, 0.25) is 0 Å². The van der Waals surface area contributed by atoms with Crippen molar-refractivity contribution < 1.29 is 14.3 Å². The molecule has 1 aliphatic rings. The number of pyridine rings is 1. The van der Waals surface area contributed by atoms with Crippen LogP contribution in [0.25, 0.3) is 0 Å². The molecule has 1 amide bonds. The fourth-order valence-corrected chi connectivity index (χ4v) is 1.78. The van der Waals surface area contributed by atoms with Crippen molar-refractivity contribution in [3.63, 3.8) is 0 Å².